The van der Waals surface area contributed by atoms with Gasteiger partial charge in [0, 0.05) is 6.42 Å². The van der Waals surface area contributed by atoms with Crippen molar-refractivity contribution in [3.05, 3.63) is 0 Å². The largest absolute Gasteiger partial charge is 0.481 e. The van der Waals surface area contributed by atoms with Crippen LogP contribution in [0.3, 0.4) is 0 Å². The number of rotatable bonds is 10. The minimum absolute atomic E-state index is 0.129. The van der Waals surface area contributed by atoms with Gasteiger partial charge in [0.1, 0.15) is 12.6 Å². The molecule has 1 aliphatic heterocycles. The van der Waals surface area contributed by atoms with Gasteiger partial charge in [-0.25, -0.2) is 0 Å². The van der Waals surface area contributed by atoms with Crippen LogP contribution >= 0.6 is 0 Å². The Morgan fingerprint density at radius 2 is 1.76 bits per heavy atom. The summed E-state index contributed by atoms with van der Waals surface area (Å²) < 4.78 is 0. The van der Waals surface area contributed by atoms with Crippen molar-refractivity contribution in [3.63, 3.8) is 0 Å². The lowest BCUT2D eigenvalue weighted by Crippen LogP contribution is -2.52. The molecule has 0 saturated carbocycles. The average molecular weight is 358 g/mol. The Bertz CT molecular complexity index is 531. The molecule has 140 valence electrons. The summed E-state index contributed by atoms with van der Waals surface area (Å²) in [5, 5.41) is 27.0. The van der Waals surface area contributed by atoms with Crippen LogP contribution in [0.5, 0.6) is 0 Å². The van der Waals surface area contributed by atoms with Crippen LogP contribution in [0.2, 0.25) is 0 Å². The van der Waals surface area contributed by atoms with E-state index in [0.29, 0.717) is 13.0 Å². The molecule has 11 heteroatoms. The Balaban J connectivity index is 2.53. The Hall–Kier alpha value is -2.69. The van der Waals surface area contributed by atoms with E-state index in [4.69, 9.17) is 10.2 Å². The van der Waals surface area contributed by atoms with Crippen LogP contribution in [0, 0.1) is 0 Å². The van der Waals surface area contributed by atoms with Crippen molar-refractivity contribution < 1.29 is 34.2 Å². The highest BCUT2D eigenvalue weighted by molar-refractivity contribution is 5.92. The number of carbonyl (C=O) groups is 5. The van der Waals surface area contributed by atoms with Crippen molar-refractivity contribution in [2.75, 3.05) is 19.6 Å². The quantitative estimate of drug-likeness (QED) is 0.246. The third kappa shape index (κ3) is 8.11. The molecule has 6 N–H and O–H groups in total. The monoisotopic (exact) mass is 358 g/mol. The molecule has 1 fully saturated rings. The average Bonchev–Trinajstić information content (AvgIpc) is 3.08. The molecule has 1 heterocycles. The van der Waals surface area contributed by atoms with Crippen LogP contribution in [-0.4, -0.2) is 71.6 Å². The van der Waals surface area contributed by atoms with E-state index in [-0.39, 0.29) is 12.8 Å². The van der Waals surface area contributed by atoms with E-state index in [1.807, 2.05) is 0 Å². The SMILES string of the molecule is O=C(O)CCC(NC(=O)C1CCCN1)C(=O)NCC(=O)NCC(=O)O. The fraction of sp³-hybridized carbons (Fsp3) is 0.643. The maximum absolute atomic E-state index is 12.1. The zero-order valence-electron chi connectivity index (χ0n) is 13.5. The topological polar surface area (TPSA) is 174 Å². The molecule has 1 rings (SSSR count). The summed E-state index contributed by atoms with van der Waals surface area (Å²) in [5.74, 6) is -4.17. The predicted molar refractivity (Wildman–Crippen MR) is 83.5 cm³/mol. The minimum atomic E-state index is -1.23. The molecule has 0 aliphatic carbocycles. The van der Waals surface area contributed by atoms with Gasteiger partial charge in [0.05, 0.1) is 12.6 Å². The van der Waals surface area contributed by atoms with E-state index in [1.165, 1.54) is 0 Å². The molecular formula is C14H22N4O7. The molecule has 1 saturated heterocycles. The van der Waals surface area contributed by atoms with Crippen LogP contribution in [0.25, 0.3) is 0 Å². The van der Waals surface area contributed by atoms with Gasteiger partial charge in [0.25, 0.3) is 0 Å². The number of carboxylic acid groups (broad SMARTS) is 2. The summed E-state index contributed by atoms with van der Waals surface area (Å²) in [7, 11) is 0. The molecule has 0 aromatic heterocycles. The molecule has 2 unspecified atom stereocenters. The first-order valence-corrected chi connectivity index (χ1v) is 7.81. The number of amides is 3. The third-order valence-corrected chi connectivity index (χ3v) is 3.52. The lowest BCUT2D eigenvalue weighted by Gasteiger charge is -2.20. The number of hydrogen-bond donors (Lipinski definition) is 6. The smallest absolute Gasteiger partial charge is 0.322 e. The fourth-order valence-electron chi connectivity index (χ4n) is 2.24. The van der Waals surface area contributed by atoms with Crippen LogP contribution in [-0.2, 0) is 24.0 Å². The summed E-state index contributed by atoms with van der Waals surface area (Å²) in [6.45, 7) is -0.373. The third-order valence-electron chi connectivity index (χ3n) is 3.52. The van der Waals surface area contributed by atoms with E-state index in [9.17, 15) is 24.0 Å². The van der Waals surface area contributed by atoms with Gasteiger partial charge in [-0.05, 0) is 25.8 Å². The summed E-state index contributed by atoms with van der Waals surface area (Å²) >= 11 is 0. The van der Waals surface area contributed by atoms with Crippen molar-refractivity contribution in [1.82, 2.24) is 21.3 Å². The number of nitrogens with one attached hydrogen (secondary N) is 4. The van der Waals surface area contributed by atoms with Gasteiger partial charge in [-0.15, -0.1) is 0 Å². The first kappa shape index (κ1) is 20.4. The normalized spacial score (nSPS) is 17.4. The van der Waals surface area contributed by atoms with Crippen LogP contribution in [0.1, 0.15) is 25.7 Å². The van der Waals surface area contributed by atoms with Gasteiger partial charge >= 0.3 is 11.9 Å². The highest BCUT2D eigenvalue weighted by atomic mass is 16.4. The molecule has 2 atom stereocenters. The van der Waals surface area contributed by atoms with E-state index in [0.717, 1.165) is 6.42 Å². The molecule has 0 bridgehead atoms. The maximum Gasteiger partial charge on any atom is 0.322 e. The van der Waals surface area contributed by atoms with Gasteiger partial charge in [0.2, 0.25) is 17.7 Å². The molecule has 0 aromatic rings. The number of aliphatic carboxylic acids is 2. The van der Waals surface area contributed by atoms with Gasteiger partial charge in [0.15, 0.2) is 0 Å². The van der Waals surface area contributed by atoms with Crippen molar-refractivity contribution in [2.24, 2.45) is 0 Å². The van der Waals surface area contributed by atoms with E-state index < -0.39 is 54.8 Å². The fourth-order valence-corrected chi connectivity index (χ4v) is 2.24. The molecule has 0 aromatic carbocycles. The highest BCUT2D eigenvalue weighted by Gasteiger charge is 2.27. The van der Waals surface area contributed by atoms with Crippen LogP contribution in [0.15, 0.2) is 0 Å². The van der Waals surface area contributed by atoms with Gasteiger partial charge in [-0.1, -0.05) is 0 Å². The van der Waals surface area contributed by atoms with Gasteiger partial charge < -0.3 is 31.5 Å². The zero-order chi connectivity index (χ0) is 18.8. The zero-order valence-corrected chi connectivity index (χ0v) is 13.5. The predicted octanol–water partition coefficient (Wildman–Crippen LogP) is -2.59. The van der Waals surface area contributed by atoms with E-state index in [1.54, 1.807) is 0 Å². The summed E-state index contributed by atoms with van der Waals surface area (Å²) in [4.78, 5) is 56.6. The molecule has 3 amide bonds. The Labute approximate surface area is 143 Å². The molecule has 1 aliphatic rings. The van der Waals surface area contributed by atoms with Gasteiger partial charge in [-0.2, -0.15) is 0 Å². The second-order valence-corrected chi connectivity index (χ2v) is 5.53. The summed E-state index contributed by atoms with van der Waals surface area (Å²) in [6.07, 6.45) is 0.989. The summed E-state index contributed by atoms with van der Waals surface area (Å²) in [5.41, 5.74) is 0. The van der Waals surface area contributed by atoms with Crippen LogP contribution < -0.4 is 21.3 Å². The second kappa shape index (κ2) is 10.2. The molecule has 0 spiro atoms. The van der Waals surface area contributed by atoms with Crippen molar-refractivity contribution in [3.8, 4) is 0 Å². The van der Waals surface area contributed by atoms with Crippen LogP contribution in [0.4, 0.5) is 0 Å². The summed E-state index contributed by atoms with van der Waals surface area (Å²) in [6, 6.07) is -1.53. The number of carbonyl (C=O) groups excluding carboxylic acids is 3. The van der Waals surface area contributed by atoms with Gasteiger partial charge in [-0.3, -0.25) is 24.0 Å². The Morgan fingerprint density at radius 3 is 2.32 bits per heavy atom. The molecule has 0 radical (unpaired) electrons. The molecule has 11 nitrogen and oxygen atoms in total. The van der Waals surface area contributed by atoms with Crippen molar-refractivity contribution in [1.29, 1.82) is 0 Å². The second-order valence-electron chi connectivity index (χ2n) is 5.53. The van der Waals surface area contributed by atoms with E-state index in [2.05, 4.69) is 21.3 Å². The highest BCUT2D eigenvalue weighted by Crippen LogP contribution is 2.06. The maximum atomic E-state index is 12.1. The standard InChI is InChI=1S/C14H22N4O7/c19-10(16-7-12(22)23)6-17-13(24)9(3-4-11(20)21)18-14(25)8-2-1-5-15-8/h8-9,15H,1-7H2,(H,16,19)(H,17,24)(H,18,25)(H,20,21)(H,22,23). The lowest BCUT2D eigenvalue weighted by molar-refractivity contribution is -0.138. The van der Waals surface area contributed by atoms with Crippen molar-refractivity contribution >= 4 is 29.7 Å². The first-order valence-electron chi connectivity index (χ1n) is 7.81. The Morgan fingerprint density at radius 1 is 1.04 bits per heavy atom. The van der Waals surface area contributed by atoms with E-state index >= 15 is 0 Å². The first-order chi connectivity index (χ1) is 11.8. The van der Waals surface area contributed by atoms with Crippen molar-refractivity contribution in [2.45, 2.75) is 37.8 Å². The number of carboxylic acids is 2. The molecular weight excluding hydrogens is 336 g/mol. The Kier molecular flexibility index (Phi) is 8.33. The minimum Gasteiger partial charge on any atom is -0.481 e. The number of hydrogen-bond acceptors (Lipinski definition) is 6. The molecule has 25 heavy (non-hydrogen) atoms. The lowest BCUT2D eigenvalue weighted by atomic mass is 10.1.